The lowest BCUT2D eigenvalue weighted by Gasteiger charge is -2.22. The van der Waals surface area contributed by atoms with Crippen LogP contribution in [0.5, 0.6) is 5.75 Å². The highest BCUT2D eigenvalue weighted by Gasteiger charge is 2.16. The number of phenolic OH excluding ortho intramolecular Hbond substituents is 1. The summed E-state index contributed by atoms with van der Waals surface area (Å²) < 4.78 is 6.30. The number of aliphatic imine (C=N–C) groups is 1. The predicted molar refractivity (Wildman–Crippen MR) is 205 cm³/mol. The maximum atomic E-state index is 13.0. The third-order valence-electron chi connectivity index (χ3n) is 8.19. The van der Waals surface area contributed by atoms with E-state index in [1.54, 1.807) is 13.0 Å². The third-order valence-corrected chi connectivity index (χ3v) is 8.19. The van der Waals surface area contributed by atoms with Crippen LogP contribution in [0.4, 0.5) is 11.6 Å². The van der Waals surface area contributed by atoms with E-state index >= 15 is 0 Å². The molecule has 7 heteroatoms. The summed E-state index contributed by atoms with van der Waals surface area (Å²) in [6, 6.07) is 12.1. The largest absolute Gasteiger partial charge is 0.508 e. The van der Waals surface area contributed by atoms with E-state index in [9.17, 15) is 14.7 Å². The third kappa shape index (κ3) is 11.7. The van der Waals surface area contributed by atoms with Crippen LogP contribution in [0.15, 0.2) is 92.4 Å². The molecule has 2 N–H and O–H groups in total. The maximum Gasteiger partial charge on any atom is 0.200 e. The summed E-state index contributed by atoms with van der Waals surface area (Å²) in [5, 5.41) is 13.9. The zero-order valence-electron chi connectivity index (χ0n) is 30.7. The Labute approximate surface area is 288 Å². The van der Waals surface area contributed by atoms with Gasteiger partial charge in [0.2, 0.25) is 0 Å². The number of ketones is 1. The standard InChI is InChI=1S/C33H39N3O4.C6H12.C2H6/c1-8-15-36(16-9-2)32-20-31(39)30-19-28(38)18-29(33(30)40-32)26-11-13-27(14-12-26)35-24(7)34-22(5)25(10-3)17-21(4)23(6)37;1-6-4-2-3-5-6;1-2/h10-14,17-20,35,38H,7-9,15-16H2,1-6H3;6H,2-5H2,1H3;1-2H3/b21-17+,25-10-,34-22-;;. The molecule has 3 aromatic rings. The SMILES string of the molecule is C=C(\N=C(C)/C(=C\C)/C=C(\C)C(C)=O)Nc1ccc(-c2cc(O)cc3c(=O)cc(N(CCC)CCC)oc23)cc1.CC.CC1CCCC1. The lowest BCUT2D eigenvalue weighted by Crippen LogP contribution is -2.25. The number of nitrogens with zero attached hydrogens (tertiary/aromatic N) is 2. The minimum atomic E-state index is -0.192. The van der Waals surface area contributed by atoms with Crippen molar-refractivity contribution in [2.24, 2.45) is 10.9 Å². The smallest absolute Gasteiger partial charge is 0.200 e. The summed E-state index contributed by atoms with van der Waals surface area (Å²) in [5.41, 5.74) is 4.67. The summed E-state index contributed by atoms with van der Waals surface area (Å²) in [6.07, 6.45) is 11.5. The molecule has 4 rings (SSSR count). The Kier molecular flexibility index (Phi) is 16.6. The van der Waals surface area contributed by atoms with E-state index < -0.39 is 0 Å². The number of aromatic hydroxyl groups is 1. The first-order valence-corrected chi connectivity index (χ1v) is 17.5. The van der Waals surface area contributed by atoms with E-state index in [-0.39, 0.29) is 17.0 Å². The Morgan fingerprint density at radius 1 is 1.04 bits per heavy atom. The van der Waals surface area contributed by atoms with Gasteiger partial charge in [0.15, 0.2) is 17.1 Å². The van der Waals surface area contributed by atoms with Crippen LogP contribution in [0.3, 0.4) is 0 Å². The van der Waals surface area contributed by atoms with Crippen molar-refractivity contribution in [3.8, 4) is 16.9 Å². The van der Waals surface area contributed by atoms with Gasteiger partial charge in [-0.25, -0.2) is 4.99 Å². The highest BCUT2D eigenvalue weighted by atomic mass is 16.4. The molecular formula is C41H57N3O4. The van der Waals surface area contributed by atoms with Crippen LogP contribution >= 0.6 is 0 Å². The van der Waals surface area contributed by atoms with Gasteiger partial charge in [0.1, 0.15) is 17.2 Å². The van der Waals surface area contributed by atoms with Gasteiger partial charge in [-0.2, -0.15) is 0 Å². The van der Waals surface area contributed by atoms with Crippen molar-refractivity contribution in [1.82, 2.24) is 0 Å². The summed E-state index contributed by atoms with van der Waals surface area (Å²) in [5.74, 6) is 2.04. The second-order valence-corrected chi connectivity index (χ2v) is 12.2. The lowest BCUT2D eigenvalue weighted by molar-refractivity contribution is -0.113. The van der Waals surface area contributed by atoms with Gasteiger partial charge in [0, 0.05) is 36.1 Å². The first-order chi connectivity index (χ1) is 23.0. The zero-order chi connectivity index (χ0) is 35.8. The number of carbonyl (C=O) groups excluding carboxylic acids is 1. The van der Waals surface area contributed by atoms with E-state index in [4.69, 9.17) is 4.42 Å². The van der Waals surface area contributed by atoms with Crippen LogP contribution in [0.1, 0.15) is 101 Å². The highest BCUT2D eigenvalue weighted by molar-refractivity contribution is 6.04. The number of benzene rings is 2. The maximum absolute atomic E-state index is 13.0. The van der Waals surface area contributed by atoms with Gasteiger partial charge < -0.3 is 19.7 Å². The van der Waals surface area contributed by atoms with Crippen LogP contribution in [-0.4, -0.2) is 29.7 Å². The van der Waals surface area contributed by atoms with Gasteiger partial charge in [0.05, 0.1) is 5.39 Å². The van der Waals surface area contributed by atoms with Crippen LogP contribution < -0.4 is 15.6 Å². The molecule has 48 heavy (non-hydrogen) atoms. The van der Waals surface area contributed by atoms with Crippen molar-refractivity contribution in [3.63, 3.8) is 0 Å². The molecule has 0 atom stereocenters. The molecule has 7 nitrogen and oxygen atoms in total. The average molecular weight is 656 g/mol. The van der Waals surface area contributed by atoms with Gasteiger partial charge in [-0.15, -0.1) is 0 Å². The first kappa shape index (κ1) is 39.8. The Balaban J connectivity index is 0.000000884. The number of phenols is 1. The second kappa shape index (κ2) is 20.1. The van der Waals surface area contributed by atoms with Crippen molar-refractivity contribution in [3.05, 3.63) is 88.4 Å². The molecule has 260 valence electrons. The second-order valence-electron chi connectivity index (χ2n) is 12.2. The number of anilines is 2. The van der Waals surface area contributed by atoms with Crippen molar-refractivity contribution < 1.29 is 14.3 Å². The van der Waals surface area contributed by atoms with Gasteiger partial charge in [0.25, 0.3) is 0 Å². The number of rotatable bonds is 12. The molecule has 0 saturated heterocycles. The molecule has 0 unspecified atom stereocenters. The molecule has 1 fully saturated rings. The van der Waals surface area contributed by atoms with E-state index in [0.717, 1.165) is 54.4 Å². The quantitative estimate of drug-likeness (QED) is 0.115. The molecular weight excluding hydrogens is 598 g/mol. The monoisotopic (exact) mass is 655 g/mol. The summed E-state index contributed by atoms with van der Waals surface area (Å²) in [4.78, 5) is 31.3. The zero-order valence-corrected chi connectivity index (χ0v) is 30.7. The fourth-order valence-electron chi connectivity index (χ4n) is 5.53. The van der Waals surface area contributed by atoms with Crippen LogP contribution in [0, 0.1) is 5.92 Å². The van der Waals surface area contributed by atoms with E-state index in [1.807, 2.05) is 64.1 Å². The molecule has 1 aliphatic carbocycles. The Morgan fingerprint density at radius 2 is 1.65 bits per heavy atom. The summed E-state index contributed by atoms with van der Waals surface area (Å²) in [7, 11) is 0. The summed E-state index contributed by atoms with van der Waals surface area (Å²) in [6.45, 7) is 23.2. The molecule has 2 aromatic carbocycles. The van der Waals surface area contributed by atoms with Crippen molar-refractivity contribution >= 4 is 34.0 Å². The molecule has 1 heterocycles. The number of allylic oxidation sites excluding steroid dienone is 4. The molecule has 0 spiro atoms. The minimum absolute atomic E-state index is 0.00393. The molecule has 0 aliphatic heterocycles. The first-order valence-electron chi connectivity index (χ1n) is 17.5. The Morgan fingerprint density at radius 3 is 2.15 bits per heavy atom. The number of carbonyl (C=O) groups is 1. The lowest BCUT2D eigenvalue weighted by atomic mass is 10.0. The normalized spacial score (nSPS) is 13.7. The topological polar surface area (TPSA) is 95.1 Å². The minimum Gasteiger partial charge on any atom is -0.508 e. The summed E-state index contributed by atoms with van der Waals surface area (Å²) >= 11 is 0. The van der Waals surface area contributed by atoms with Crippen LogP contribution in [0.25, 0.3) is 22.1 Å². The fraction of sp³-hybridized carbons (Fsp3) is 0.439. The Hall–Kier alpha value is -4.39. The van der Waals surface area contributed by atoms with Gasteiger partial charge in [-0.1, -0.05) is 85.1 Å². The Bertz CT molecular complexity index is 1650. The van der Waals surface area contributed by atoms with Crippen LogP contribution in [0.2, 0.25) is 0 Å². The number of Topliss-reactive ketones (excluding diaryl/α,β-unsaturated/α-hetero) is 1. The molecule has 1 aliphatic rings. The fourth-order valence-corrected chi connectivity index (χ4v) is 5.53. The number of hydrogen-bond acceptors (Lipinski definition) is 7. The number of nitrogens with one attached hydrogen (secondary N) is 1. The number of fused-ring (bicyclic) bond motifs is 1. The van der Waals surface area contributed by atoms with E-state index in [1.165, 1.54) is 44.7 Å². The molecule has 0 bridgehead atoms. The molecule has 1 saturated carbocycles. The molecule has 0 amide bonds. The van der Waals surface area contributed by atoms with Gasteiger partial charge in [-0.3, -0.25) is 9.59 Å². The average Bonchev–Trinajstić information content (AvgIpc) is 3.55. The van der Waals surface area contributed by atoms with Crippen molar-refractivity contribution in [1.29, 1.82) is 0 Å². The van der Waals surface area contributed by atoms with E-state index in [2.05, 4.69) is 42.6 Å². The van der Waals surface area contributed by atoms with E-state index in [0.29, 0.717) is 33.8 Å². The molecule has 1 aromatic heterocycles. The van der Waals surface area contributed by atoms with Gasteiger partial charge in [-0.05, 0) is 93.5 Å². The highest BCUT2D eigenvalue weighted by Crippen LogP contribution is 2.34. The van der Waals surface area contributed by atoms with Crippen molar-refractivity contribution in [2.45, 2.75) is 101 Å². The predicted octanol–water partition coefficient (Wildman–Crippen LogP) is 10.8. The van der Waals surface area contributed by atoms with Gasteiger partial charge >= 0.3 is 0 Å². The van der Waals surface area contributed by atoms with Crippen LogP contribution in [-0.2, 0) is 4.79 Å². The number of hydrogen-bond donors (Lipinski definition) is 2. The van der Waals surface area contributed by atoms with Crippen molar-refractivity contribution in [2.75, 3.05) is 23.3 Å². The molecule has 0 radical (unpaired) electrons.